The fourth-order valence-corrected chi connectivity index (χ4v) is 4.44. The fourth-order valence-electron chi connectivity index (χ4n) is 4.44. The van der Waals surface area contributed by atoms with Crippen LogP contribution in [-0.4, -0.2) is 59.8 Å². The SMILES string of the molecule is COc1cc(N(C)CCN2CCC2)c(N)cc1Nc1nccc(-c2cn(C)c3ccccc23)n1. The maximum atomic E-state index is 6.44. The Hall–Kier alpha value is -3.78. The van der Waals surface area contributed by atoms with Crippen LogP contribution >= 0.6 is 0 Å². The summed E-state index contributed by atoms with van der Waals surface area (Å²) < 4.78 is 7.80. The summed E-state index contributed by atoms with van der Waals surface area (Å²) in [6.45, 7) is 4.32. The number of hydrogen-bond acceptors (Lipinski definition) is 7. The first kappa shape index (κ1) is 22.0. The number of fused-ring (bicyclic) bond motifs is 1. The largest absolute Gasteiger partial charge is 0.494 e. The highest BCUT2D eigenvalue weighted by Crippen LogP contribution is 2.36. The second kappa shape index (κ2) is 9.23. The molecule has 0 spiro atoms. The minimum atomic E-state index is 0.488. The van der Waals surface area contributed by atoms with Crippen molar-refractivity contribution in [2.75, 3.05) is 56.3 Å². The molecule has 0 aliphatic carbocycles. The maximum absolute atomic E-state index is 6.44. The highest BCUT2D eigenvalue weighted by Gasteiger charge is 2.17. The topological polar surface area (TPSA) is 84.5 Å². The summed E-state index contributed by atoms with van der Waals surface area (Å²) in [5.41, 5.74) is 11.9. The van der Waals surface area contributed by atoms with Gasteiger partial charge in [-0.15, -0.1) is 0 Å². The number of aryl methyl sites for hydroxylation is 1. The molecule has 0 bridgehead atoms. The van der Waals surface area contributed by atoms with E-state index in [1.54, 1.807) is 13.3 Å². The number of para-hydroxylation sites is 1. The monoisotopic (exact) mass is 457 g/mol. The quantitative estimate of drug-likeness (QED) is 0.385. The second-order valence-electron chi connectivity index (χ2n) is 8.79. The van der Waals surface area contributed by atoms with E-state index in [1.165, 1.54) is 19.5 Å². The molecule has 3 heterocycles. The Morgan fingerprint density at radius 1 is 1.18 bits per heavy atom. The van der Waals surface area contributed by atoms with Crippen molar-refractivity contribution >= 4 is 33.9 Å². The van der Waals surface area contributed by atoms with Crippen molar-refractivity contribution in [3.8, 4) is 17.0 Å². The minimum Gasteiger partial charge on any atom is -0.494 e. The third-order valence-corrected chi connectivity index (χ3v) is 6.54. The standard InChI is InChI=1S/C26H31N7O/c1-31(13-14-33-11-6-12-33)24-16-25(34-3)22(15-20(24)27)30-26-28-10-9-21(29-26)19-17-32(2)23-8-5-4-7-18(19)23/h4-5,7-10,15-17H,6,11-14,27H2,1-3H3,(H,28,29,30). The predicted octanol–water partition coefficient (Wildman–Crippen LogP) is 4.11. The normalized spacial score (nSPS) is 13.6. The van der Waals surface area contributed by atoms with Gasteiger partial charge in [0.1, 0.15) is 5.75 Å². The first-order chi connectivity index (χ1) is 16.5. The molecule has 3 N–H and O–H groups in total. The zero-order valence-corrected chi connectivity index (χ0v) is 20.0. The molecule has 5 rings (SSSR count). The third-order valence-electron chi connectivity index (χ3n) is 6.54. The van der Waals surface area contributed by atoms with E-state index in [-0.39, 0.29) is 0 Å². The van der Waals surface area contributed by atoms with E-state index < -0.39 is 0 Å². The molecule has 1 aliphatic rings. The number of likely N-dealkylation sites (tertiary alicyclic amines) is 1. The van der Waals surface area contributed by atoms with Gasteiger partial charge in [-0.25, -0.2) is 9.97 Å². The van der Waals surface area contributed by atoms with Crippen LogP contribution in [0.25, 0.3) is 22.2 Å². The summed E-state index contributed by atoms with van der Waals surface area (Å²) in [6, 6.07) is 14.1. The van der Waals surface area contributed by atoms with Gasteiger partial charge in [-0.1, -0.05) is 18.2 Å². The number of likely N-dealkylation sites (N-methyl/N-ethyl adjacent to an activating group) is 1. The molecular weight excluding hydrogens is 426 g/mol. The molecule has 0 saturated carbocycles. The van der Waals surface area contributed by atoms with E-state index in [9.17, 15) is 0 Å². The lowest BCUT2D eigenvalue weighted by atomic mass is 10.1. The molecule has 1 fully saturated rings. The number of nitrogens with zero attached hydrogens (tertiary/aromatic N) is 5. The Kier molecular flexibility index (Phi) is 5.98. The molecule has 8 nitrogen and oxygen atoms in total. The van der Waals surface area contributed by atoms with Crippen LogP contribution in [0.15, 0.2) is 54.9 Å². The highest BCUT2D eigenvalue weighted by atomic mass is 16.5. The lowest BCUT2D eigenvalue weighted by Crippen LogP contribution is -2.41. The maximum Gasteiger partial charge on any atom is 0.227 e. The summed E-state index contributed by atoms with van der Waals surface area (Å²) in [5, 5.41) is 4.46. The minimum absolute atomic E-state index is 0.488. The molecule has 8 heteroatoms. The molecule has 2 aromatic carbocycles. The first-order valence-corrected chi connectivity index (χ1v) is 11.6. The number of nitrogens with two attached hydrogens (primary N) is 1. The highest BCUT2D eigenvalue weighted by molar-refractivity contribution is 5.95. The van der Waals surface area contributed by atoms with E-state index in [2.05, 4.69) is 50.0 Å². The number of hydrogen-bond donors (Lipinski definition) is 2. The Morgan fingerprint density at radius 3 is 2.76 bits per heavy atom. The van der Waals surface area contributed by atoms with Gasteiger partial charge in [-0.2, -0.15) is 0 Å². The van der Waals surface area contributed by atoms with Gasteiger partial charge in [0, 0.05) is 62.1 Å². The number of methoxy groups -OCH3 is 1. The lowest BCUT2D eigenvalue weighted by Gasteiger charge is -2.33. The number of aromatic nitrogens is 3. The van der Waals surface area contributed by atoms with Gasteiger partial charge in [0.25, 0.3) is 0 Å². The number of nitrogen functional groups attached to an aromatic ring is 1. The van der Waals surface area contributed by atoms with Crippen LogP contribution in [0.4, 0.5) is 23.0 Å². The van der Waals surface area contributed by atoms with Gasteiger partial charge < -0.3 is 30.2 Å². The smallest absolute Gasteiger partial charge is 0.227 e. The zero-order chi connectivity index (χ0) is 23.7. The van der Waals surface area contributed by atoms with E-state index in [4.69, 9.17) is 15.5 Å². The Morgan fingerprint density at radius 2 is 2.00 bits per heavy atom. The summed E-state index contributed by atoms with van der Waals surface area (Å²) in [6.07, 6.45) is 5.16. The molecule has 0 amide bonds. The van der Waals surface area contributed by atoms with Gasteiger partial charge in [0.15, 0.2) is 0 Å². The van der Waals surface area contributed by atoms with Crippen molar-refractivity contribution in [3.05, 3.63) is 54.9 Å². The molecule has 0 unspecified atom stereocenters. The number of nitrogens with one attached hydrogen (secondary N) is 1. The van der Waals surface area contributed by atoms with Crippen LogP contribution in [0.2, 0.25) is 0 Å². The van der Waals surface area contributed by atoms with Crippen molar-refractivity contribution < 1.29 is 4.74 Å². The van der Waals surface area contributed by atoms with Crippen molar-refractivity contribution in [2.45, 2.75) is 6.42 Å². The Bertz CT molecular complexity index is 1310. The summed E-state index contributed by atoms with van der Waals surface area (Å²) >= 11 is 0. The summed E-state index contributed by atoms with van der Waals surface area (Å²) in [5.74, 6) is 1.18. The van der Waals surface area contributed by atoms with Crippen LogP contribution in [-0.2, 0) is 7.05 Å². The van der Waals surface area contributed by atoms with E-state index >= 15 is 0 Å². The first-order valence-electron chi connectivity index (χ1n) is 11.6. The number of ether oxygens (including phenoxy) is 1. The number of anilines is 4. The molecule has 1 saturated heterocycles. The van der Waals surface area contributed by atoms with E-state index in [0.717, 1.165) is 46.6 Å². The van der Waals surface area contributed by atoms with Crippen molar-refractivity contribution in [1.29, 1.82) is 0 Å². The Labute approximate surface area is 200 Å². The molecule has 1 aliphatic heterocycles. The van der Waals surface area contributed by atoms with Crippen LogP contribution in [0.5, 0.6) is 5.75 Å². The third kappa shape index (κ3) is 4.24. The average molecular weight is 458 g/mol. The summed E-state index contributed by atoms with van der Waals surface area (Å²) in [7, 11) is 5.77. The molecule has 34 heavy (non-hydrogen) atoms. The van der Waals surface area contributed by atoms with Crippen molar-refractivity contribution in [2.24, 2.45) is 7.05 Å². The molecule has 0 radical (unpaired) electrons. The van der Waals surface area contributed by atoms with E-state index in [0.29, 0.717) is 17.4 Å². The molecule has 2 aromatic heterocycles. The Balaban J connectivity index is 1.40. The van der Waals surface area contributed by atoms with Gasteiger partial charge in [-0.05, 0) is 37.7 Å². The van der Waals surface area contributed by atoms with Gasteiger partial charge in [0.2, 0.25) is 5.95 Å². The van der Waals surface area contributed by atoms with Gasteiger partial charge in [0.05, 0.1) is 29.9 Å². The van der Waals surface area contributed by atoms with Crippen LogP contribution in [0.3, 0.4) is 0 Å². The predicted molar refractivity (Wildman–Crippen MR) is 139 cm³/mol. The molecular formula is C26H31N7O. The molecule has 0 atom stereocenters. The van der Waals surface area contributed by atoms with Crippen LogP contribution in [0, 0.1) is 0 Å². The van der Waals surface area contributed by atoms with E-state index in [1.807, 2.05) is 37.4 Å². The molecule has 4 aromatic rings. The lowest BCUT2D eigenvalue weighted by molar-refractivity contribution is 0.186. The van der Waals surface area contributed by atoms with Gasteiger partial charge in [-0.3, -0.25) is 0 Å². The van der Waals surface area contributed by atoms with Crippen LogP contribution < -0.4 is 20.7 Å². The second-order valence-corrected chi connectivity index (χ2v) is 8.79. The average Bonchev–Trinajstić information content (AvgIpc) is 3.15. The fraction of sp³-hybridized carbons (Fsp3) is 0.308. The molecule has 176 valence electrons. The number of rotatable bonds is 8. The zero-order valence-electron chi connectivity index (χ0n) is 20.0. The van der Waals surface area contributed by atoms with Gasteiger partial charge >= 0.3 is 0 Å². The number of benzene rings is 2. The summed E-state index contributed by atoms with van der Waals surface area (Å²) in [4.78, 5) is 13.8. The van der Waals surface area contributed by atoms with Crippen molar-refractivity contribution in [3.63, 3.8) is 0 Å². The van der Waals surface area contributed by atoms with Crippen molar-refractivity contribution in [1.82, 2.24) is 19.4 Å². The van der Waals surface area contributed by atoms with Crippen LogP contribution in [0.1, 0.15) is 6.42 Å².